The highest BCUT2D eigenvalue weighted by atomic mass is 79.9. The Morgan fingerprint density at radius 2 is 1.90 bits per heavy atom. The van der Waals surface area contributed by atoms with Gasteiger partial charge in [-0.25, -0.2) is 4.79 Å². The van der Waals surface area contributed by atoms with E-state index in [0.717, 1.165) is 21.8 Å². The van der Waals surface area contributed by atoms with Crippen molar-refractivity contribution in [2.24, 2.45) is 0 Å². The smallest absolute Gasteiger partial charge is 0.341 e. The second-order valence-corrected chi connectivity index (χ2v) is 7.90. The first-order chi connectivity index (χ1) is 13.9. The molecule has 0 aliphatic carbocycles. The molecule has 1 heterocycles. The van der Waals surface area contributed by atoms with Crippen LogP contribution in [0.1, 0.15) is 11.1 Å². The second-order valence-electron chi connectivity index (χ2n) is 5.99. The number of imide groups is 1. The molecule has 2 aromatic rings. The van der Waals surface area contributed by atoms with Gasteiger partial charge < -0.3 is 14.6 Å². The highest BCUT2D eigenvalue weighted by molar-refractivity contribution is 9.10. The van der Waals surface area contributed by atoms with Crippen molar-refractivity contribution < 1.29 is 29.0 Å². The number of thioether (sulfide) groups is 1. The third-order valence-corrected chi connectivity index (χ3v) is 5.40. The molecule has 0 unspecified atom stereocenters. The number of carbonyl (C=O) groups is 3. The van der Waals surface area contributed by atoms with Gasteiger partial charge in [-0.05, 0) is 53.2 Å². The highest BCUT2D eigenvalue weighted by Crippen LogP contribution is 2.35. The van der Waals surface area contributed by atoms with Crippen LogP contribution in [-0.2, 0) is 16.1 Å². The molecule has 150 valence electrons. The first-order valence-corrected chi connectivity index (χ1v) is 10.0. The number of methoxy groups -OCH3 is 1. The van der Waals surface area contributed by atoms with E-state index in [-0.39, 0.29) is 23.4 Å². The maximum absolute atomic E-state index is 12.7. The zero-order valence-corrected chi connectivity index (χ0v) is 17.7. The van der Waals surface area contributed by atoms with Gasteiger partial charge in [0.25, 0.3) is 11.1 Å². The van der Waals surface area contributed by atoms with Crippen LogP contribution in [0.5, 0.6) is 11.5 Å². The van der Waals surface area contributed by atoms with Crippen molar-refractivity contribution in [1.82, 2.24) is 4.90 Å². The Morgan fingerprint density at radius 1 is 1.17 bits per heavy atom. The number of carbonyl (C=O) groups excluding carboxylic acids is 2. The highest BCUT2D eigenvalue weighted by Gasteiger charge is 2.35. The van der Waals surface area contributed by atoms with Crippen LogP contribution in [0.15, 0.2) is 51.8 Å². The summed E-state index contributed by atoms with van der Waals surface area (Å²) in [5.74, 6) is -0.867. The van der Waals surface area contributed by atoms with Gasteiger partial charge >= 0.3 is 5.97 Å². The fraction of sp³-hybridized carbons (Fsp3) is 0.150. The number of hydrogen-bond acceptors (Lipinski definition) is 6. The van der Waals surface area contributed by atoms with Crippen molar-refractivity contribution in [3.63, 3.8) is 0 Å². The summed E-state index contributed by atoms with van der Waals surface area (Å²) in [6.07, 6.45) is 1.59. The van der Waals surface area contributed by atoms with Crippen LogP contribution in [0.25, 0.3) is 6.08 Å². The lowest BCUT2D eigenvalue weighted by molar-refractivity contribution is -0.139. The number of benzene rings is 2. The molecule has 1 saturated heterocycles. The monoisotopic (exact) mass is 477 g/mol. The third-order valence-electron chi connectivity index (χ3n) is 3.96. The van der Waals surface area contributed by atoms with Crippen molar-refractivity contribution in [2.75, 3.05) is 13.7 Å². The van der Waals surface area contributed by atoms with Crippen LogP contribution in [-0.4, -0.2) is 40.8 Å². The molecule has 7 nitrogen and oxygen atoms in total. The zero-order chi connectivity index (χ0) is 21.0. The van der Waals surface area contributed by atoms with Crippen molar-refractivity contribution >= 4 is 50.9 Å². The van der Waals surface area contributed by atoms with E-state index in [9.17, 15) is 14.4 Å². The summed E-state index contributed by atoms with van der Waals surface area (Å²) in [5, 5.41) is 8.39. The van der Waals surface area contributed by atoms with E-state index in [1.807, 2.05) is 24.3 Å². The van der Waals surface area contributed by atoms with E-state index < -0.39 is 12.6 Å². The van der Waals surface area contributed by atoms with Crippen molar-refractivity contribution in [3.8, 4) is 11.5 Å². The molecule has 1 aliphatic rings. The van der Waals surface area contributed by atoms with Gasteiger partial charge in [0.1, 0.15) is 0 Å². The SMILES string of the molecule is COc1cc(C=C2SC(=O)N(Cc3ccc(Br)cc3)C2=O)ccc1OCC(=O)O. The predicted octanol–water partition coefficient (Wildman–Crippen LogP) is 4.16. The van der Waals surface area contributed by atoms with Gasteiger partial charge in [-0.3, -0.25) is 14.5 Å². The molecule has 1 aliphatic heterocycles. The van der Waals surface area contributed by atoms with Gasteiger partial charge in [-0.1, -0.05) is 34.1 Å². The van der Waals surface area contributed by atoms with Gasteiger partial charge in [0, 0.05) is 4.47 Å². The van der Waals surface area contributed by atoms with Crippen molar-refractivity contribution in [1.29, 1.82) is 0 Å². The summed E-state index contributed by atoms with van der Waals surface area (Å²) < 4.78 is 11.3. The molecule has 0 saturated carbocycles. The van der Waals surface area contributed by atoms with E-state index in [4.69, 9.17) is 14.6 Å². The van der Waals surface area contributed by atoms with Crippen LogP contribution in [0, 0.1) is 0 Å². The molecule has 0 aromatic heterocycles. The van der Waals surface area contributed by atoms with E-state index in [2.05, 4.69) is 15.9 Å². The standard InChI is InChI=1S/C20H16BrNO6S/c1-27-16-8-13(4-7-15(16)28-11-18(23)24)9-17-19(25)22(20(26)29-17)10-12-2-5-14(21)6-3-12/h2-9H,10-11H2,1H3,(H,23,24). The van der Waals surface area contributed by atoms with Crippen LogP contribution >= 0.6 is 27.7 Å². The van der Waals surface area contributed by atoms with Crippen molar-refractivity contribution in [3.05, 3.63) is 63.0 Å². The van der Waals surface area contributed by atoms with E-state index in [1.165, 1.54) is 12.0 Å². The van der Waals surface area contributed by atoms with Crippen LogP contribution < -0.4 is 9.47 Å². The predicted molar refractivity (Wildman–Crippen MR) is 112 cm³/mol. The van der Waals surface area contributed by atoms with E-state index in [0.29, 0.717) is 16.2 Å². The largest absolute Gasteiger partial charge is 0.493 e. The number of ether oxygens (including phenoxy) is 2. The molecule has 0 bridgehead atoms. The molecular weight excluding hydrogens is 462 g/mol. The second kappa shape index (κ2) is 9.15. The number of halogens is 1. The topological polar surface area (TPSA) is 93.1 Å². The van der Waals surface area contributed by atoms with Gasteiger partial charge in [-0.2, -0.15) is 0 Å². The fourth-order valence-corrected chi connectivity index (χ4v) is 3.70. The Morgan fingerprint density at radius 3 is 2.55 bits per heavy atom. The number of rotatable bonds is 7. The van der Waals surface area contributed by atoms with Crippen LogP contribution in [0.3, 0.4) is 0 Å². The first-order valence-electron chi connectivity index (χ1n) is 8.40. The number of hydrogen-bond donors (Lipinski definition) is 1. The molecular formula is C20H16BrNO6S. The molecule has 2 amide bonds. The van der Waals surface area contributed by atoms with Gasteiger partial charge in [0.05, 0.1) is 18.6 Å². The average molecular weight is 478 g/mol. The zero-order valence-electron chi connectivity index (χ0n) is 15.3. The maximum Gasteiger partial charge on any atom is 0.341 e. The first kappa shape index (κ1) is 20.9. The molecule has 0 radical (unpaired) electrons. The molecule has 29 heavy (non-hydrogen) atoms. The maximum atomic E-state index is 12.7. The molecule has 1 fully saturated rings. The van der Waals surface area contributed by atoms with Crippen LogP contribution in [0.2, 0.25) is 0 Å². The molecule has 3 rings (SSSR count). The van der Waals surface area contributed by atoms with E-state index >= 15 is 0 Å². The normalized spacial score (nSPS) is 15.1. The summed E-state index contributed by atoms with van der Waals surface area (Å²) in [6.45, 7) is -0.300. The fourth-order valence-electron chi connectivity index (χ4n) is 2.59. The van der Waals surface area contributed by atoms with Gasteiger partial charge in [-0.15, -0.1) is 0 Å². The number of amides is 2. The quantitative estimate of drug-likeness (QED) is 0.598. The molecule has 2 aromatic carbocycles. The summed E-state index contributed by atoms with van der Waals surface area (Å²) in [5.41, 5.74) is 1.47. The summed E-state index contributed by atoms with van der Waals surface area (Å²) in [6, 6.07) is 12.2. The molecule has 9 heteroatoms. The average Bonchev–Trinajstić information content (AvgIpc) is 2.95. The number of aliphatic carboxylic acids is 1. The van der Waals surface area contributed by atoms with Crippen LogP contribution in [0.4, 0.5) is 4.79 Å². The lowest BCUT2D eigenvalue weighted by Gasteiger charge is -2.12. The van der Waals surface area contributed by atoms with E-state index in [1.54, 1.807) is 24.3 Å². The van der Waals surface area contributed by atoms with Gasteiger partial charge in [0.15, 0.2) is 18.1 Å². The van der Waals surface area contributed by atoms with Crippen molar-refractivity contribution in [2.45, 2.75) is 6.54 Å². The number of carboxylic acids is 1. The Balaban J connectivity index is 1.78. The lowest BCUT2D eigenvalue weighted by Crippen LogP contribution is -2.27. The lowest BCUT2D eigenvalue weighted by atomic mass is 10.1. The minimum Gasteiger partial charge on any atom is -0.493 e. The Labute approximate surface area is 179 Å². The molecule has 0 spiro atoms. The number of carboxylic acid groups (broad SMARTS) is 1. The summed E-state index contributed by atoms with van der Waals surface area (Å²) >= 11 is 4.22. The Kier molecular flexibility index (Phi) is 6.60. The molecule has 1 N–H and O–H groups in total. The third kappa shape index (κ3) is 5.18. The minimum atomic E-state index is -1.10. The Bertz CT molecular complexity index is 989. The van der Waals surface area contributed by atoms with Gasteiger partial charge in [0.2, 0.25) is 0 Å². The number of nitrogens with zero attached hydrogens (tertiary/aromatic N) is 1. The Hall–Kier alpha value is -2.78. The minimum absolute atomic E-state index is 0.195. The molecule has 0 atom stereocenters. The summed E-state index contributed by atoms with van der Waals surface area (Å²) in [7, 11) is 1.43. The summed E-state index contributed by atoms with van der Waals surface area (Å²) in [4.78, 5) is 37.1.